The molecule has 24 heavy (non-hydrogen) atoms. The number of nitrogens with one attached hydrogen (secondary N) is 2. The molecule has 0 unspecified atom stereocenters. The molecule has 0 aliphatic carbocycles. The monoisotopic (exact) mass is 346 g/mol. The second-order valence-electron chi connectivity index (χ2n) is 5.64. The van der Waals surface area contributed by atoms with Crippen molar-refractivity contribution in [3.05, 3.63) is 59.7 Å². The Morgan fingerprint density at radius 2 is 1.62 bits per heavy atom. The number of hydrogen-bond donors (Lipinski definition) is 2. The number of carbonyl (C=O) groups excluding carboxylic acids is 1. The summed E-state index contributed by atoms with van der Waals surface area (Å²) in [4.78, 5) is 11.2. The van der Waals surface area contributed by atoms with Crippen LogP contribution in [0.3, 0.4) is 0 Å². The first-order valence-corrected chi connectivity index (χ1v) is 9.29. The molecule has 6 heteroatoms. The van der Waals surface area contributed by atoms with Crippen LogP contribution in [0.25, 0.3) is 0 Å². The lowest BCUT2D eigenvalue weighted by molar-refractivity contribution is -0.114. The van der Waals surface area contributed by atoms with Crippen LogP contribution in [0.5, 0.6) is 0 Å². The normalized spacial score (nSPS) is 12.6. The van der Waals surface area contributed by atoms with Gasteiger partial charge in [0.2, 0.25) is 15.9 Å². The third-order valence-electron chi connectivity index (χ3n) is 3.70. The van der Waals surface area contributed by atoms with Crippen molar-refractivity contribution < 1.29 is 13.2 Å². The van der Waals surface area contributed by atoms with E-state index in [1.807, 2.05) is 31.2 Å². The van der Waals surface area contributed by atoms with Crippen molar-refractivity contribution in [2.24, 2.45) is 0 Å². The molecule has 2 N–H and O–H groups in total. The molecule has 128 valence electrons. The van der Waals surface area contributed by atoms with E-state index < -0.39 is 10.0 Å². The summed E-state index contributed by atoms with van der Waals surface area (Å²) in [5.74, 6) is -0.201. The van der Waals surface area contributed by atoms with E-state index in [0.29, 0.717) is 5.69 Å². The van der Waals surface area contributed by atoms with Gasteiger partial charge in [0.15, 0.2) is 0 Å². The van der Waals surface area contributed by atoms with Crippen molar-refractivity contribution >= 4 is 21.6 Å². The molecule has 0 heterocycles. The van der Waals surface area contributed by atoms with E-state index in [2.05, 4.69) is 17.0 Å². The minimum absolute atomic E-state index is 0.161. The Hall–Kier alpha value is -2.18. The van der Waals surface area contributed by atoms with Crippen molar-refractivity contribution in [1.82, 2.24) is 4.72 Å². The molecule has 2 rings (SSSR count). The Balaban J connectivity index is 2.13. The van der Waals surface area contributed by atoms with Gasteiger partial charge in [-0.25, -0.2) is 13.1 Å². The molecule has 0 fully saturated rings. The predicted octanol–water partition coefficient (Wildman–Crippen LogP) is 3.25. The Kier molecular flexibility index (Phi) is 5.75. The number of carbonyl (C=O) groups is 1. The van der Waals surface area contributed by atoms with Gasteiger partial charge >= 0.3 is 0 Å². The standard InChI is InChI=1S/C18H22N2O3S/c1-4-15-5-7-16(8-6-15)13(2)20-24(22,23)18-11-9-17(10-12-18)19-14(3)21/h5-13,20H,4H2,1-3H3,(H,19,21)/t13-/m0/s1. The first kappa shape index (κ1) is 18.2. The third kappa shape index (κ3) is 4.66. The molecule has 2 aromatic carbocycles. The van der Waals surface area contributed by atoms with Gasteiger partial charge in [0.25, 0.3) is 0 Å². The van der Waals surface area contributed by atoms with E-state index in [-0.39, 0.29) is 16.8 Å². The number of sulfonamides is 1. The maximum Gasteiger partial charge on any atom is 0.241 e. The first-order valence-electron chi connectivity index (χ1n) is 7.80. The molecule has 0 aliphatic heterocycles. The van der Waals surface area contributed by atoms with Gasteiger partial charge < -0.3 is 5.32 Å². The van der Waals surface area contributed by atoms with Gasteiger partial charge in [-0.3, -0.25) is 4.79 Å². The molecular formula is C18H22N2O3S. The molecule has 0 saturated carbocycles. The Labute approximate surface area is 143 Å². The predicted molar refractivity (Wildman–Crippen MR) is 95.3 cm³/mol. The quantitative estimate of drug-likeness (QED) is 0.843. The number of hydrogen-bond acceptors (Lipinski definition) is 3. The molecule has 0 aliphatic rings. The molecule has 5 nitrogen and oxygen atoms in total. The third-order valence-corrected chi connectivity index (χ3v) is 5.26. The fourth-order valence-electron chi connectivity index (χ4n) is 2.33. The lowest BCUT2D eigenvalue weighted by Crippen LogP contribution is -2.26. The van der Waals surface area contributed by atoms with Crippen LogP contribution in [-0.2, 0) is 21.2 Å². The highest BCUT2D eigenvalue weighted by atomic mass is 32.2. The zero-order valence-electron chi connectivity index (χ0n) is 14.0. The molecule has 1 amide bonds. The highest BCUT2D eigenvalue weighted by Gasteiger charge is 2.18. The average Bonchev–Trinajstić information content (AvgIpc) is 2.54. The summed E-state index contributed by atoms with van der Waals surface area (Å²) in [5, 5.41) is 2.61. The van der Waals surface area contributed by atoms with Crippen molar-refractivity contribution in [3.63, 3.8) is 0 Å². The van der Waals surface area contributed by atoms with Crippen LogP contribution >= 0.6 is 0 Å². The maximum atomic E-state index is 12.5. The van der Waals surface area contributed by atoms with E-state index in [1.54, 1.807) is 12.1 Å². The minimum atomic E-state index is -3.63. The highest BCUT2D eigenvalue weighted by molar-refractivity contribution is 7.89. The van der Waals surface area contributed by atoms with E-state index in [9.17, 15) is 13.2 Å². The van der Waals surface area contributed by atoms with Crippen molar-refractivity contribution in [3.8, 4) is 0 Å². The maximum absolute atomic E-state index is 12.5. The molecular weight excluding hydrogens is 324 g/mol. The highest BCUT2D eigenvalue weighted by Crippen LogP contribution is 2.19. The van der Waals surface area contributed by atoms with Gasteiger partial charge in [0.05, 0.1) is 4.90 Å². The SMILES string of the molecule is CCc1ccc([C@H](C)NS(=O)(=O)c2ccc(NC(C)=O)cc2)cc1. The minimum Gasteiger partial charge on any atom is -0.326 e. The fraction of sp³-hybridized carbons (Fsp3) is 0.278. The summed E-state index contributed by atoms with van der Waals surface area (Å²) in [5.41, 5.74) is 2.68. The van der Waals surface area contributed by atoms with Gasteiger partial charge in [0.1, 0.15) is 0 Å². The van der Waals surface area contributed by atoms with Crippen LogP contribution in [0.2, 0.25) is 0 Å². The topological polar surface area (TPSA) is 75.3 Å². The van der Waals surface area contributed by atoms with Crippen molar-refractivity contribution in [1.29, 1.82) is 0 Å². The largest absolute Gasteiger partial charge is 0.326 e. The van der Waals surface area contributed by atoms with E-state index in [0.717, 1.165) is 12.0 Å². The molecule has 0 aromatic heterocycles. The molecule has 0 spiro atoms. The molecule has 0 saturated heterocycles. The lowest BCUT2D eigenvalue weighted by atomic mass is 10.1. The first-order chi connectivity index (χ1) is 11.3. The van der Waals surface area contributed by atoms with Crippen LogP contribution in [-0.4, -0.2) is 14.3 Å². The molecule has 2 aromatic rings. The fourth-order valence-corrected chi connectivity index (χ4v) is 3.56. The summed E-state index contributed by atoms with van der Waals surface area (Å²) in [6, 6.07) is 13.6. The summed E-state index contributed by atoms with van der Waals surface area (Å²) in [7, 11) is -3.63. The smallest absolute Gasteiger partial charge is 0.241 e. The average molecular weight is 346 g/mol. The Morgan fingerprint density at radius 3 is 2.12 bits per heavy atom. The van der Waals surface area contributed by atoms with Crippen LogP contribution in [0, 0.1) is 0 Å². The number of benzene rings is 2. The Bertz CT molecular complexity index is 797. The van der Waals surface area contributed by atoms with E-state index >= 15 is 0 Å². The summed E-state index contributed by atoms with van der Waals surface area (Å²) in [6.45, 7) is 5.29. The van der Waals surface area contributed by atoms with Crippen LogP contribution in [0.15, 0.2) is 53.4 Å². The number of rotatable bonds is 6. The van der Waals surface area contributed by atoms with Crippen molar-refractivity contribution in [2.45, 2.75) is 38.1 Å². The van der Waals surface area contributed by atoms with Crippen LogP contribution in [0.4, 0.5) is 5.69 Å². The molecule has 0 bridgehead atoms. The number of aryl methyl sites for hydroxylation is 1. The lowest BCUT2D eigenvalue weighted by Gasteiger charge is -2.15. The summed E-state index contributed by atoms with van der Waals surface area (Å²) < 4.78 is 27.6. The van der Waals surface area contributed by atoms with Gasteiger partial charge in [-0.05, 0) is 48.7 Å². The van der Waals surface area contributed by atoms with Gasteiger partial charge in [-0.15, -0.1) is 0 Å². The zero-order valence-corrected chi connectivity index (χ0v) is 14.9. The summed E-state index contributed by atoms with van der Waals surface area (Å²) in [6.07, 6.45) is 0.945. The number of anilines is 1. The van der Waals surface area contributed by atoms with Crippen LogP contribution < -0.4 is 10.0 Å². The second-order valence-corrected chi connectivity index (χ2v) is 7.36. The van der Waals surface area contributed by atoms with Crippen molar-refractivity contribution in [2.75, 3.05) is 5.32 Å². The Morgan fingerprint density at radius 1 is 1.04 bits per heavy atom. The van der Waals surface area contributed by atoms with E-state index in [1.165, 1.54) is 24.6 Å². The van der Waals surface area contributed by atoms with E-state index in [4.69, 9.17) is 0 Å². The summed E-state index contributed by atoms with van der Waals surface area (Å²) >= 11 is 0. The molecule has 1 atom stereocenters. The number of amides is 1. The second kappa shape index (κ2) is 7.59. The van der Waals surface area contributed by atoms with Gasteiger partial charge in [0, 0.05) is 18.7 Å². The zero-order chi connectivity index (χ0) is 17.7. The van der Waals surface area contributed by atoms with Gasteiger partial charge in [-0.2, -0.15) is 0 Å². The van der Waals surface area contributed by atoms with Crippen LogP contribution in [0.1, 0.15) is 37.9 Å². The van der Waals surface area contributed by atoms with Gasteiger partial charge in [-0.1, -0.05) is 31.2 Å². The molecule has 0 radical (unpaired) electrons.